The fourth-order valence-electron chi connectivity index (χ4n) is 2.61. The number of anilines is 2. The Morgan fingerprint density at radius 1 is 1.47 bits per heavy atom. The smallest absolute Gasteiger partial charge is 0.223 e. The van der Waals surface area contributed by atoms with E-state index in [4.69, 9.17) is 22.1 Å². The van der Waals surface area contributed by atoms with E-state index in [-0.39, 0.29) is 11.5 Å². The number of ether oxygens (including phenoxy) is 1. The van der Waals surface area contributed by atoms with Crippen molar-refractivity contribution in [1.29, 1.82) is 0 Å². The van der Waals surface area contributed by atoms with Gasteiger partial charge in [-0.25, -0.2) is 4.98 Å². The molecule has 1 aliphatic rings. The van der Waals surface area contributed by atoms with Crippen LogP contribution < -0.4 is 11.1 Å². The number of nitrogen functional groups attached to an aromatic ring is 1. The van der Waals surface area contributed by atoms with Crippen molar-refractivity contribution < 1.29 is 4.74 Å². The fraction of sp³-hybridized carbons (Fsp3) is 0.692. The second kappa shape index (κ2) is 5.92. The summed E-state index contributed by atoms with van der Waals surface area (Å²) in [4.78, 5) is 8.01. The maximum absolute atomic E-state index is 5.96. The Morgan fingerprint density at radius 3 is 2.84 bits per heavy atom. The van der Waals surface area contributed by atoms with Gasteiger partial charge in [0, 0.05) is 18.7 Å². The predicted molar refractivity (Wildman–Crippen MR) is 77.4 cm³/mol. The molecule has 2 heterocycles. The molecule has 0 spiro atoms. The molecule has 1 saturated heterocycles. The Hall–Kier alpha value is -1.07. The maximum atomic E-state index is 5.96. The first-order chi connectivity index (χ1) is 9.07. The largest absolute Gasteiger partial charge is 0.375 e. The molecule has 0 amide bonds. The molecule has 0 radical (unpaired) electrons. The molecule has 1 fully saturated rings. The summed E-state index contributed by atoms with van der Waals surface area (Å²) < 4.78 is 5.96. The Bertz CT molecular complexity index is 416. The number of hydrogen-bond acceptors (Lipinski definition) is 5. The Labute approximate surface area is 118 Å². The van der Waals surface area contributed by atoms with Gasteiger partial charge in [-0.1, -0.05) is 25.4 Å². The molecule has 1 aliphatic heterocycles. The summed E-state index contributed by atoms with van der Waals surface area (Å²) in [6, 6.07) is 2.03. The van der Waals surface area contributed by atoms with Crippen molar-refractivity contribution in [1.82, 2.24) is 9.97 Å². The average Bonchev–Trinajstić information content (AvgIpc) is 2.37. The van der Waals surface area contributed by atoms with Gasteiger partial charge in [-0.15, -0.1) is 0 Å². The van der Waals surface area contributed by atoms with Crippen molar-refractivity contribution in [2.45, 2.75) is 51.2 Å². The predicted octanol–water partition coefficient (Wildman–Crippen LogP) is 2.86. The zero-order valence-corrected chi connectivity index (χ0v) is 12.2. The maximum Gasteiger partial charge on any atom is 0.223 e. The Morgan fingerprint density at radius 2 is 2.21 bits per heavy atom. The van der Waals surface area contributed by atoms with E-state index in [0.717, 1.165) is 32.3 Å². The van der Waals surface area contributed by atoms with Crippen LogP contribution in [0.5, 0.6) is 0 Å². The van der Waals surface area contributed by atoms with Crippen LogP contribution >= 0.6 is 11.6 Å². The molecule has 5 nitrogen and oxygen atoms in total. The number of nitrogens with one attached hydrogen (secondary N) is 1. The monoisotopic (exact) mass is 284 g/mol. The summed E-state index contributed by atoms with van der Waals surface area (Å²) in [5, 5.41) is 3.75. The molecular weight excluding hydrogens is 264 g/mol. The highest BCUT2D eigenvalue weighted by molar-refractivity contribution is 6.29. The number of rotatable bonds is 4. The lowest BCUT2D eigenvalue weighted by Gasteiger charge is -2.40. The van der Waals surface area contributed by atoms with Crippen molar-refractivity contribution in [3.05, 3.63) is 11.2 Å². The number of halogens is 1. The van der Waals surface area contributed by atoms with Crippen LogP contribution in [0.3, 0.4) is 0 Å². The molecule has 1 unspecified atom stereocenters. The number of nitrogens with two attached hydrogens (primary N) is 1. The molecule has 1 aromatic heterocycles. The third-order valence-corrected chi connectivity index (χ3v) is 4.04. The fourth-order valence-corrected chi connectivity index (χ4v) is 2.80. The van der Waals surface area contributed by atoms with E-state index in [2.05, 4.69) is 29.1 Å². The molecule has 106 valence electrons. The van der Waals surface area contributed by atoms with Gasteiger partial charge in [-0.2, -0.15) is 4.98 Å². The molecule has 0 aliphatic carbocycles. The summed E-state index contributed by atoms with van der Waals surface area (Å²) in [5.41, 5.74) is 5.58. The van der Waals surface area contributed by atoms with Crippen molar-refractivity contribution in [3.63, 3.8) is 0 Å². The molecule has 0 saturated carbocycles. The van der Waals surface area contributed by atoms with Crippen LogP contribution in [0.15, 0.2) is 6.07 Å². The van der Waals surface area contributed by atoms with E-state index in [0.29, 0.717) is 17.0 Å². The molecule has 2 rings (SSSR count). The third kappa shape index (κ3) is 3.48. The van der Waals surface area contributed by atoms with Gasteiger partial charge < -0.3 is 15.8 Å². The summed E-state index contributed by atoms with van der Waals surface area (Å²) in [6.07, 6.45) is 3.98. The second-order valence-electron chi connectivity index (χ2n) is 5.01. The van der Waals surface area contributed by atoms with E-state index < -0.39 is 0 Å². The van der Waals surface area contributed by atoms with E-state index >= 15 is 0 Å². The lowest BCUT2D eigenvalue weighted by molar-refractivity contribution is -0.0864. The van der Waals surface area contributed by atoms with E-state index in [1.165, 1.54) is 0 Å². The molecule has 1 atom stereocenters. The van der Waals surface area contributed by atoms with Gasteiger partial charge in [0.05, 0.1) is 5.60 Å². The molecule has 0 aromatic carbocycles. The van der Waals surface area contributed by atoms with Gasteiger partial charge in [0.25, 0.3) is 0 Å². The number of aromatic nitrogens is 2. The van der Waals surface area contributed by atoms with E-state index in [9.17, 15) is 0 Å². The summed E-state index contributed by atoms with van der Waals surface area (Å²) in [6.45, 7) is 5.12. The topological polar surface area (TPSA) is 73.1 Å². The van der Waals surface area contributed by atoms with Crippen LogP contribution in [-0.4, -0.2) is 28.2 Å². The normalized spacial score (nSPS) is 22.2. The first-order valence-corrected chi connectivity index (χ1v) is 7.15. The van der Waals surface area contributed by atoms with Crippen molar-refractivity contribution in [3.8, 4) is 0 Å². The van der Waals surface area contributed by atoms with Gasteiger partial charge in [0.1, 0.15) is 11.0 Å². The first-order valence-electron chi connectivity index (χ1n) is 6.77. The highest BCUT2D eigenvalue weighted by Crippen LogP contribution is 2.32. The van der Waals surface area contributed by atoms with E-state index in [1.54, 1.807) is 6.07 Å². The molecule has 0 bridgehead atoms. The zero-order chi connectivity index (χ0) is 13.9. The Balaban J connectivity index is 2.06. The number of hydrogen-bond donors (Lipinski definition) is 2. The highest BCUT2D eigenvalue weighted by atomic mass is 35.5. The summed E-state index contributed by atoms with van der Waals surface area (Å²) in [7, 11) is 0. The molecule has 6 heteroatoms. The lowest BCUT2D eigenvalue weighted by Crippen LogP contribution is -2.43. The van der Waals surface area contributed by atoms with Crippen LogP contribution in [0.2, 0.25) is 5.15 Å². The van der Waals surface area contributed by atoms with Gasteiger partial charge in [-0.05, 0) is 25.7 Å². The van der Waals surface area contributed by atoms with Gasteiger partial charge >= 0.3 is 0 Å². The van der Waals surface area contributed by atoms with Gasteiger partial charge in [0.2, 0.25) is 5.95 Å². The molecule has 1 aromatic rings. The van der Waals surface area contributed by atoms with Gasteiger partial charge in [0.15, 0.2) is 0 Å². The van der Waals surface area contributed by atoms with Crippen LogP contribution in [0, 0.1) is 0 Å². The summed E-state index contributed by atoms with van der Waals surface area (Å²) in [5.74, 6) is 0.879. The SMILES string of the molecule is CCC1(CC)CC(Nc2cc(Cl)nc(N)n2)CCO1. The standard InChI is InChI=1S/C13H21ClN4O/c1-3-13(4-2)8-9(5-6-19-13)16-11-7-10(14)17-12(15)18-11/h7,9H,3-6,8H2,1-2H3,(H3,15,16,17,18). The molecule has 19 heavy (non-hydrogen) atoms. The van der Waals surface area contributed by atoms with Crippen molar-refractivity contribution in [2.24, 2.45) is 0 Å². The molecule has 3 N–H and O–H groups in total. The first kappa shape index (κ1) is 14.3. The molecular formula is C13H21ClN4O. The van der Waals surface area contributed by atoms with Crippen LogP contribution in [0.4, 0.5) is 11.8 Å². The minimum absolute atomic E-state index is 0.0156. The van der Waals surface area contributed by atoms with Gasteiger partial charge in [-0.3, -0.25) is 0 Å². The average molecular weight is 285 g/mol. The van der Waals surface area contributed by atoms with Crippen LogP contribution in [-0.2, 0) is 4.74 Å². The van der Waals surface area contributed by atoms with E-state index in [1.807, 2.05) is 0 Å². The highest BCUT2D eigenvalue weighted by Gasteiger charge is 2.34. The quantitative estimate of drug-likeness (QED) is 0.832. The third-order valence-electron chi connectivity index (χ3n) is 3.85. The van der Waals surface area contributed by atoms with Crippen molar-refractivity contribution in [2.75, 3.05) is 17.7 Å². The Kier molecular flexibility index (Phi) is 4.47. The second-order valence-corrected chi connectivity index (χ2v) is 5.39. The summed E-state index contributed by atoms with van der Waals surface area (Å²) >= 11 is 5.88. The van der Waals surface area contributed by atoms with Crippen LogP contribution in [0.1, 0.15) is 39.5 Å². The lowest BCUT2D eigenvalue weighted by atomic mass is 9.86. The minimum atomic E-state index is -0.0156. The number of nitrogens with zero attached hydrogens (tertiary/aromatic N) is 2. The van der Waals surface area contributed by atoms with Crippen LogP contribution in [0.25, 0.3) is 0 Å². The van der Waals surface area contributed by atoms with Crippen molar-refractivity contribution >= 4 is 23.4 Å². The zero-order valence-electron chi connectivity index (χ0n) is 11.4. The minimum Gasteiger partial charge on any atom is -0.375 e.